The molecule has 1 atom stereocenters. The SMILES string of the molecule is Cc1cc(C)c(N(C(=O)Cc2ccsc2)[C@@H](C(=O)NC2CCCCC2)c2ccccc2)c(C)c1. The van der Waals surface area contributed by atoms with E-state index in [9.17, 15) is 9.59 Å². The third kappa shape index (κ3) is 5.58. The first-order valence-electron chi connectivity index (χ1n) is 12.2. The molecular weight excluding hydrogens is 440 g/mol. The Balaban J connectivity index is 1.80. The molecule has 0 bridgehead atoms. The Morgan fingerprint density at radius 3 is 2.29 bits per heavy atom. The highest BCUT2D eigenvalue weighted by Gasteiger charge is 2.35. The fraction of sp³-hybridized carbons (Fsp3) is 0.379. The van der Waals surface area contributed by atoms with Gasteiger partial charge < -0.3 is 5.32 Å². The van der Waals surface area contributed by atoms with Gasteiger partial charge in [-0.25, -0.2) is 0 Å². The molecular formula is C29H34N2O2S. The van der Waals surface area contributed by atoms with Crippen molar-refractivity contribution in [2.75, 3.05) is 4.90 Å². The third-order valence-electron chi connectivity index (χ3n) is 6.65. The lowest BCUT2D eigenvalue weighted by atomic mass is 9.94. The van der Waals surface area contributed by atoms with Crippen LogP contribution in [-0.2, 0) is 16.0 Å². The highest BCUT2D eigenvalue weighted by atomic mass is 32.1. The van der Waals surface area contributed by atoms with Gasteiger partial charge in [0.25, 0.3) is 0 Å². The second-order valence-electron chi connectivity index (χ2n) is 9.48. The Morgan fingerprint density at radius 2 is 1.68 bits per heavy atom. The van der Waals surface area contributed by atoms with Crippen molar-refractivity contribution >= 4 is 28.8 Å². The summed E-state index contributed by atoms with van der Waals surface area (Å²) in [6.07, 6.45) is 5.75. The number of benzene rings is 2. The quantitative estimate of drug-likeness (QED) is 0.428. The topological polar surface area (TPSA) is 49.4 Å². The van der Waals surface area contributed by atoms with E-state index in [4.69, 9.17) is 0 Å². The van der Waals surface area contributed by atoms with Crippen LogP contribution in [0.2, 0.25) is 0 Å². The first-order valence-corrected chi connectivity index (χ1v) is 13.1. The molecule has 2 aromatic carbocycles. The molecule has 1 saturated carbocycles. The lowest BCUT2D eigenvalue weighted by Gasteiger charge is -2.35. The van der Waals surface area contributed by atoms with E-state index in [1.54, 1.807) is 16.2 Å². The summed E-state index contributed by atoms with van der Waals surface area (Å²) in [5.41, 5.74) is 5.78. The minimum absolute atomic E-state index is 0.0684. The van der Waals surface area contributed by atoms with Gasteiger partial charge in [-0.2, -0.15) is 11.3 Å². The van der Waals surface area contributed by atoms with E-state index < -0.39 is 6.04 Å². The molecule has 4 rings (SSSR count). The number of aryl methyl sites for hydroxylation is 3. The first kappa shape index (κ1) is 24.2. The second kappa shape index (κ2) is 11.0. The van der Waals surface area contributed by atoms with Gasteiger partial charge in [0.05, 0.1) is 12.1 Å². The van der Waals surface area contributed by atoms with Crippen LogP contribution in [0.15, 0.2) is 59.3 Å². The maximum Gasteiger partial charge on any atom is 0.248 e. The Morgan fingerprint density at radius 1 is 1.00 bits per heavy atom. The smallest absolute Gasteiger partial charge is 0.248 e. The molecule has 1 aliphatic rings. The summed E-state index contributed by atoms with van der Waals surface area (Å²) in [5.74, 6) is -0.169. The normalized spacial score (nSPS) is 15.0. The van der Waals surface area contributed by atoms with E-state index in [2.05, 4.69) is 24.4 Å². The van der Waals surface area contributed by atoms with Crippen LogP contribution in [0.4, 0.5) is 5.69 Å². The van der Waals surface area contributed by atoms with E-state index in [1.807, 2.05) is 61.0 Å². The van der Waals surface area contributed by atoms with Gasteiger partial charge >= 0.3 is 0 Å². The molecule has 0 saturated heterocycles. The van der Waals surface area contributed by atoms with Crippen molar-refractivity contribution in [3.8, 4) is 0 Å². The first-order chi connectivity index (χ1) is 16.4. The largest absolute Gasteiger partial charge is 0.351 e. The predicted molar refractivity (Wildman–Crippen MR) is 140 cm³/mol. The van der Waals surface area contributed by atoms with Gasteiger partial charge in [-0.1, -0.05) is 67.3 Å². The van der Waals surface area contributed by atoms with Gasteiger partial charge in [0.1, 0.15) is 6.04 Å². The fourth-order valence-corrected chi connectivity index (χ4v) is 5.85. The molecule has 1 aromatic heterocycles. The van der Waals surface area contributed by atoms with Crippen LogP contribution in [0.25, 0.3) is 0 Å². The van der Waals surface area contributed by atoms with Crippen LogP contribution < -0.4 is 10.2 Å². The second-order valence-corrected chi connectivity index (χ2v) is 10.3. The van der Waals surface area contributed by atoms with Gasteiger partial charge in [-0.15, -0.1) is 0 Å². The summed E-state index contributed by atoms with van der Waals surface area (Å²) in [7, 11) is 0. The number of rotatable bonds is 7. The highest BCUT2D eigenvalue weighted by molar-refractivity contribution is 7.08. The molecule has 34 heavy (non-hydrogen) atoms. The van der Waals surface area contributed by atoms with Gasteiger partial charge in [0.2, 0.25) is 11.8 Å². The van der Waals surface area contributed by atoms with Gasteiger partial charge in [0, 0.05) is 6.04 Å². The van der Waals surface area contributed by atoms with Crippen molar-refractivity contribution in [1.82, 2.24) is 5.32 Å². The molecule has 3 aromatic rings. The predicted octanol–water partition coefficient (Wildman–Crippen LogP) is 6.44. The number of nitrogens with zero attached hydrogens (tertiary/aromatic N) is 1. The van der Waals surface area contributed by atoms with Gasteiger partial charge in [0.15, 0.2) is 0 Å². The molecule has 0 spiro atoms. The molecule has 5 heteroatoms. The lowest BCUT2D eigenvalue weighted by Crippen LogP contribution is -2.48. The van der Waals surface area contributed by atoms with Crippen molar-refractivity contribution in [1.29, 1.82) is 0 Å². The van der Waals surface area contributed by atoms with E-state index in [1.165, 1.54) is 6.42 Å². The molecule has 4 nitrogen and oxygen atoms in total. The Bertz CT molecular complexity index is 1100. The molecule has 2 amide bonds. The zero-order chi connectivity index (χ0) is 24.1. The van der Waals surface area contributed by atoms with Crippen LogP contribution in [-0.4, -0.2) is 17.9 Å². The Kier molecular flexibility index (Phi) is 7.84. The van der Waals surface area contributed by atoms with E-state index in [-0.39, 0.29) is 24.3 Å². The van der Waals surface area contributed by atoms with Crippen molar-refractivity contribution in [3.05, 3.63) is 87.1 Å². The van der Waals surface area contributed by atoms with Crippen LogP contribution in [0.5, 0.6) is 0 Å². The van der Waals surface area contributed by atoms with Gasteiger partial charge in [-0.05, 0) is 72.7 Å². The Labute approximate surface area is 207 Å². The average Bonchev–Trinajstić information content (AvgIpc) is 3.32. The maximum absolute atomic E-state index is 14.0. The molecule has 1 heterocycles. The van der Waals surface area contributed by atoms with Crippen molar-refractivity contribution in [2.45, 2.75) is 71.4 Å². The van der Waals surface area contributed by atoms with Crippen molar-refractivity contribution in [2.24, 2.45) is 0 Å². The van der Waals surface area contributed by atoms with Crippen LogP contribution in [0.3, 0.4) is 0 Å². The van der Waals surface area contributed by atoms with Crippen molar-refractivity contribution in [3.63, 3.8) is 0 Å². The average molecular weight is 475 g/mol. The molecule has 0 radical (unpaired) electrons. The summed E-state index contributed by atoms with van der Waals surface area (Å²) in [6, 6.07) is 15.3. The summed E-state index contributed by atoms with van der Waals surface area (Å²) in [4.78, 5) is 29.6. The monoisotopic (exact) mass is 474 g/mol. The molecule has 0 unspecified atom stereocenters. The number of carbonyl (C=O) groups is 2. The number of hydrogen-bond acceptors (Lipinski definition) is 3. The van der Waals surface area contributed by atoms with E-state index >= 15 is 0 Å². The molecule has 1 aliphatic carbocycles. The zero-order valence-electron chi connectivity index (χ0n) is 20.3. The number of thiophene rings is 1. The van der Waals surface area contributed by atoms with Crippen LogP contribution >= 0.6 is 11.3 Å². The number of hydrogen-bond donors (Lipinski definition) is 1. The molecule has 178 valence electrons. The van der Waals surface area contributed by atoms with Crippen LogP contribution in [0, 0.1) is 20.8 Å². The van der Waals surface area contributed by atoms with E-state index in [0.29, 0.717) is 0 Å². The summed E-state index contributed by atoms with van der Waals surface area (Å²) >= 11 is 1.58. The Hall–Kier alpha value is -2.92. The summed E-state index contributed by atoms with van der Waals surface area (Å²) in [5, 5.41) is 7.29. The zero-order valence-corrected chi connectivity index (χ0v) is 21.2. The number of carbonyl (C=O) groups excluding carboxylic acids is 2. The highest BCUT2D eigenvalue weighted by Crippen LogP contribution is 2.35. The number of anilines is 1. The summed E-state index contributed by atoms with van der Waals surface area (Å²) in [6.45, 7) is 6.12. The minimum atomic E-state index is -0.727. The summed E-state index contributed by atoms with van der Waals surface area (Å²) < 4.78 is 0. The van der Waals surface area contributed by atoms with Gasteiger partial charge in [-0.3, -0.25) is 14.5 Å². The lowest BCUT2D eigenvalue weighted by molar-refractivity contribution is -0.127. The minimum Gasteiger partial charge on any atom is -0.351 e. The molecule has 1 N–H and O–H groups in total. The molecule has 0 aliphatic heterocycles. The standard InChI is InChI=1S/C29H34N2O2S/c1-20-16-21(2)27(22(3)17-20)31(26(32)18-23-14-15-34-19-23)28(24-10-6-4-7-11-24)29(33)30-25-12-8-5-9-13-25/h4,6-7,10-11,14-17,19,25,28H,5,8-9,12-13,18H2,1-3H3,(H,30,33)/t28-/m1/s1. The third-order valence-corrected chi connectivity index (χ3v) is 7.39. The molecule has 1 fully saturated rings. The maximum atomic E-state index is 14.0. The number of amides is 2. The number of nitrogens with one attached hydrogen (secondary N) is 1. The fourth-order valence-electron chi connectivity index (χ4n) is 5.18. The van der Waals surface area contributed by atoms with E-state index in [0.717, 1.165) is 59.2 Å². The van der Waals surface area contributed by atoms with Crippen LogP contribution in [0.1, 0.15) is 66.0 Å². The van der Waals surface area contributed by atoms with Crippen molar-refractivity contribution < 1.29 is 9.59 Å².